The summed E-state index contributed by atoms with van der Waals surface area (Å²) in [4.78, 5) is 17.6. The monoisotopic (exact) mass is 363 g/mol. The van der Waals surface area contributed by atoms with Crippen LogP contribution in [-0.4, -0.2) is 10.8 Å². The number of carbonyl (C=O) groups excluding carboxylic acids is 1. The fourth-order valence-electron chi connectivity index (χ4n) is 7.81. The number of rotatable bonds is 1. The van der Waals surface area contributed by atoms with Crippen molar-refractivity contribution in [3.8, 4) is 0 Å². The molecule has 3 fully saturated rings. The number of aryl methyl sites for hydroxylation is 1. The SMILES string of the molecule is Cc1cncc(C2=CCC3C4CC(=O)C5CCCCC5(C)C4CCC23C)c1. The zero-order valence-corrected chi connectivity index (χ0v) is 17.1. The molecule has 6 unspecified atom stereocenters. The van der Waals surface area contributed by atoms with E-state index in [-0.39, 0.29) is 10.8 Å². The molecule has 0 aliphatic heterocycles. The fourth-order valence-corrected chi connectivity index (χ4v) is 7.81. The largest absolute Gasteiger partial charge is 0.299 e. The van der Waals surface area contributed by atoms with Gasteiger partial charge in [-0.1, -0.05) is 32.8 Å². The fraction of sp³-hybridized carbons (Fsp3) is 0.680. The van der Waals surface area contributed by atoms with E-state index in [0.717, 1.165) is 25.2 Å². The molecule has 2 nitrogen and oxygen atoms in total. The van der Waals surface area contributed by atoms with E-state index in [1.807, 2.05) is 12.4 Å². The first-order valence-electron chi connectivity index (χ1n) is 11.1. The Hall–Kier alpha value is -1.44. The summed E-state index contributed by atoms with van der Waals surface area (Å²) in [7, 11) is 0. The molecule has 1 heterocycles. The summed E-state index contributed by atoms with van der Waals surface area (Å²) in [6.07, 6.45) is 16.1. The Kier molecular flexibility index (Phi) is 3.94. The highest BCUT2D eigenvalue weighted by atomic mass is 16.1. The van der Waals surface area contributed by atoms with E-state index >= 15 is 0 Å². The molecule has 27 heavy (non-hydrogen) atoms. The Morgan fingerprint density at radius 1 is 1.07 bits per heavy atom. The minimum Gasteiger partial charge on any atom is -0.299 e. The molecular formula is C25H33NO. The predicted molar refractivity (Wildman–Crippen MR) is 109 cm³/mol. The quantitative estimate of drug-likeness (QED) is 0.613. The first kappa shape index (κ1) is 17.6. The molecule has 0 amide bonds. The number of nitrogens with zero attached hydrogens (tertiary/aromatic N) is 1. The summed E-state index contributed by atoms with van der Waals surface area (Å²) in [6.45, 7) is 7.09. The summed E-state index contributed by atoms with van der Waals surface area (Å²) in [5, 5.41) is 0. The maximum absolute atomic E-state index is 13.2. The maximum atomic E-state index is 13.2. The molecule has 2 heteroatoms. The van der Waals surface area contributed by atoms with Crippen LogP contribution in [0, 0.1) is 41.4 Å². The van der Waals surface area contributed by atoms with Gasteiger partial charge in [-0.25, -0.2) is 0 Å². The van der Waals surface area contributed by atoms with E-state index in [1.165, 1.54) is 48.8 Å². The molecule has 0 bridgehead atoms. The lowest BCUT2D eigenvalue weighted by Crippen LogP contribution is -2.55. The Balaban J connectivity index is 1.49. The molecule has 1 aromatic rings. The van der Waals surface area contributed by atoms with Crippen LogP contribution >= 0.6 is 0 Å². The van der Waals surface area contributed by atoms with Gasteiger partial charge in [0.05, 0.1) is 0 Å². The van der Waals surface area contributed by atoms with Crippen LogP contribution in [0.4, 0.5) is 0 Å². The summed E-state index contributed by atoms with van der Waals surface area (Å²) in [5.74, 6) is 2.92. The number of hydrogen-bond acceptors (Lipinski definition) is 2. The molecule has 4 aliphatic carbocycles. The van der Waals surface area contributed by atoms with E-state index in [1.54, 1.807) is 0 Å². The number of fused-ring (bicyclic) bond motifs is 5. The number of aromatic nitrogens is 1. The molecule has 4 aliphatic rings. The van der Waals surface area contributed by atoms with Crippen LogP contribution < -0.4 is 0 Å². The molecular weight excluding hydrogens is 330 g/mol. The van der Waals surface area contributed by atoms with Crippen molar-refractivity contribution in [2.45, 2.75) is 72.1 Å². The highest BCUT2D eigenvalue weighted by Crippen LogP contribution is 2.66. The van der Waals surface area contributed by atoms with Gasteiger partial charge in [0.25, 0.3) is 0 Å². The van der Waals surface area contributed by atoms with Gasteiger partial charge in [0.2, 0.25) is 0 Å². The summed E-state index contributed by atoms with van der Waals surface area (Å²) in [5.41, 5.74) is 4.54. The van der Waals surface area contributed by atoms with Crippen molar-refractivity contribution in [1.29, 1.82) is 0 Å². The van der Waals surface area contributed by atoms with Crippen molar-refractivity contribution in [3.05, 3.63) is 35.7 Å². The third-order valence-corrected chi connectivity index (χ3v) is 9.13. The van der Waals surface area contributed by atoms with E-state index in [2.05, 4.69) is 37.9 Å². The molecule has 0 aromatic carbocycles. The maximum Gasteiger partial charge on any atom is 0.136 e. The van der Waals surface area contributed by atoms with Crippen LogP contribution in [0.2, 0.25) is 0 Å². The number of carbonyl (C=O) groups is 1. The Morgan fingerprint density at radius 2 is 1.93 bits per heavy atom. The van der Waals surface area contributed by atoms with Crippen molar-refractivity contribution in [2.75, 3.05) is 0 Å². The van der Waals surface area contributed by atoms with Crippen LogP contribution in [0.15, 0.2) is 24.5 Å². The molecule has 144 valence electrons. The second-order valence-electron chi connectivity index (χ2n) is 10.4. The first-order chi connectivity index (χ1) is 12.9. The van der Waals surface area contributed by atoms with E-state index in [0.29, 0.717) is 23.5 Å². The predicted octanol–water partition coefficient (Wildman–Crippen LogP) is 6.00. The molecule has 6 atom stereocenters. The van der Waals surface area contributed by atoms with Gasteiger partial charge in [-0.05, 0) is 90.4 Å². The molecule has 0 N–H and O–H groups in total. The second kappa shape index (κ2) is 6.03. The lowest BCUT2D eigenvalue weighted by atomic mass is 9.44. The molecule has 3 saturated carbocycles. The Labute approximate surface area is 163 Å². The highest BCUT2D eigenvalue weighted by molar-refractivity contribution is 5.83. The van der Waals surface area contributed by atoms with E-state index in [9.17, 15) is 4.79 Å². The third kappa shape index (κ3) is 2.44. The minimum absolute atomic E-state index is 0.217. The van der Waals surface area contributed by atoms with Crippen LogP contribution in [-0.2, 0) is 4.79 Å². The summed E-state index contributed by atoms with van der Waals surface area (Å²) >= 11 is 0. The number of Topliss-reactive ketones (excluding diaryl/α,β-unsaturated/α-hetero) is 1. The van der Waals surface area contributed by atoms with Gasteiger partial charge in [0.15, 0.2) is 0 Å². The second-order valence-corrected chi connectivity index (χ2v) is 10.4. The highest BCUT2D eigenvalue weighted by Gasteiger charge is 2.60. The normalized spacial score (nSPS) is 43.5. The lowest BCUT2D eigenvalue weighted by molar-refractivity contribution is -0.150. The van der Waals surface area contributed by atoms with Crippen molar-refractivity contribution in [2.24, 2.45) is 34.5 Å². The van der Waals surface area contributed by atoms with E-state index in [4.69, 9.17) is 0 Å². The first-order valence-corrected chi connectivity index (χ1v) is 11.1. The topological polar surface area (TPSA) is 30.0 Å². The van der Waals surface area contributed by atoms with Crippen molar-refractivity contribution in [1.82, 2.24) is 4.98 Å². The van der Waals surface area contributed by atoms with Crippen LogP contribution in [0.3, 0.4) is 0 Å². The van der Waals surface area contributed by atoms with Gasteiger partial charge in [0, 0.05) is 24.7 Å². The van der Waals surface area contributed by atoms with E-state index < -0.39 is 0 Å². The average Bonchev–Trinajstić information content (AvgIpc) is 2.99. The zero-order valence-electron chi connectivity index (χ0n) is 17.1. The summed E-state index contributed by atoms with van der Waals surface area (Å²) in [6, 6.07) is 2.29. The average molecular weight is 364 g/mol. The van der Waals surface area contributed by atoms with Crippen LogP contribution in [0.5, 0.6) is 0 Å². The molecule has 0 saturated heterocycles. The third-order valence-electron chi connectivity index (χ3n) is 9.13. The van der Waals surface area contributed by atoms with Gasteiger partial charge >= 0.3 is 0 Å². The van der Waals surface area contributed by atoms with Gasteiger partial charge in [-0.15, -0.1) is 0 Å². The minimum atomic E-state index is 0.217. The van der Waals surface area contributed by atoms with Gasteiger partial charge in [-0.3, -0.25) is 9.78 Å². The van der Waals surface area contributed by atoms with Crippen molar-refractivity contribution in [3.63, 3.8) is 0 Å². The Morgan fingerprint density at radius 3 is 2.74 bits per heavy atom. The zero-order chi connectivity index (χ0) is 18.8. The number of allylic oxidation sites excluding steroid dienone is 2. The van der Waals surface area contributed by atoms with Crippen LogP contribution in [0.25, 0.3) is 5.57 Å². The van der Waals surface area contributed by atoms with Crippen molar-refractivity contribution >= 4 is 11.4 Å². The number of hydrogen-bond donors (Lipinski definition) is 0. The van der Waals surface area contributed by atoms with Gasteiger partial charge < -0.3 is 0 Å². The molecule has 0 spiro atoms. The molecule has 1 aromatic heterocycles. The smallest absolute Gasteiger partial charge is 0.136 e. The standard InChI is InChI=1S/C25H33NO/c1-16-12-17(15-26-14-16)19-7-8-20-18-13-23(27)22-6-4-5-10-24(22,2)21(18)9-11-25(19,20)3/h7,12,14-15,18,20-22H,4-6,8-11,13H2,1-3H3. The molecule has 5 rings (SSSR count). The van der Waals surface area contributed by atoms with Gasteiger partial charge in [-0.2, -0.15) is 0 Å². The lowest BCUT2D eigenvalue weighted by Gasteiger charge is -2.59. The molecule has 0 radical (unpaired) electrons. The number of ketones is 1. The van der Waals surface area contributed by atoms with Gasteiger partial charge in [0.1, 0.15) is 5.78 Å². The van der Waals surface area contributed by atoms with Crippen molar-refractivity contribution < 1.29 is 4.79 Å². The number of pyridine rings is 1. The van der Waals surface area contributed by atoms with Crippen LogP contribution in [0.1, 0.15) is 76.3 Å². The summed E-state index contributed by atoms with van der Waals surface area (Å²) < 4.78 is 0. The Bertz CT molecular complexity index is 810.